The second-order valence-corrected chi connectivity index (χ2v) is 17.3. The minimum atomic E-state index is -0.185. The third-order valence-corrected chi connectivity index (χ3v) is 12.8. The molecule has 10 rings (SSSR count). The van der Waals surface area contributed by atoms with Crippen molar-refractivity contribution in [3.8, 4) is 55.6 Å². The van der Waals surface area contributed by atoms with E-state index in [-0.39, 0.29) is 10.8 Å². The van der Waals surface area contributed by atoms with Crippen molar-refractivity contribution in [3.63, 3.8) is 0 Å². The van der Waals surface area contributed by atoms with Gasteiger partial charge in [0.25, 0.3) is 0 Å². The smallest absolute Gasteiger partial charge is 0.0465 e. The first kappa shape index (κ1) is 34.5. The maximum absolute atomic E-state index is 3.72. The maximum atomic E-state index is 3.72. The lowest BCUT2D eigenvalue weighted by Gasteiger charge is -2.28. The molecular weight excluding hydrogens is 743 g/mol. The molecule has 0 radical (unpaired) electrons. The number of fused-ring (bicyclic) bond motifs is 6. The van der Waals surface area contributed by atoms with Gasteiger partial charge in [-0.2, -0.15) is 0 Å². The van der Waals surface area contributed by atoms with E-state index in [0.29, 0.717) is 0 Å². The van der Waals surface area contributed by atoms with Crippen molar-refractivity contribution in [2.45, 2.75) is 38.5 Å². The number of rotatable bonds is 6. The molecule has 0 spiro atoms. The molecule has 0 heterocycles. The van der Waals surface area contributed by atoms with Gasteiger partial charge in [-0.15, -0.1) is 0 Å². The lowest BCUT2D eigenvalue weighted by Crippen LogP contribution is -2.17. The zero-order chi connectivity index (χ0) is 38.2. The average Bonchev–Trinajstić information content (AvgIpc) is 3.60. The van der Waals surface area contributed by atoms with Crippen molar-refractivity contribution < 1.29 is 0 Å². The first-order valence-electron chi connectivity index (χ1n) is 19.5. The van der Waals surface area contributed by atoms with Gasteiger partial charge in [-0.1, -0.05) is 165 Å². The van der Waals surface area contributed by atoms with Crippen LogP contribution in [0, 0.1) is 0 Å². The summed E-state index contributed by atoms with van der Waals surface area (Å²) < 4.78 is 1.13. The van der Waals surface area contributed by atoms with Gasteiger partial charge in [0.15, 0.2) is 0 Å². The highest BCUT2D eigenvalue weighted by Gasteiger charge is 2.38. The van der Waals surface area contributed by atoms with Crippen LogP contribution in [0.4, 0.5) is 17.1 Å². The quantitative estimate of drug-likeness (QED) is 0.162. The number of nitrogens with zero attached hydrogens (tertiary/aromatic N) is 1. The number of halogens is 1. The van der Waals surface area contributed by atoms with Crippen molar-refractivity contribution in [3.05, 3.63) is 209 Å². The largest absolute Gasteiger partial charge is 0.310 e. The summed E-state index contributed by atoms with van der Waals surface area (Å²) >= 11 is 3.72. The fourth-order valence-corrected chi connectivity index (χ4v) is 9.61. The fourth-order valence-electron chi connectivity index (χ4n) is 9.25. The Hall–Kier alpha value is -5.96. The van der Waals surface area contributed by atoms with E-state index in [1.165, 1.54) is 77.9 Å². The van der Waals surface area contributed by atoms with E-state index < -0.39 is 0 Å². The lowest BCUT2D eigenvalue weighted by atomic mass is 9.80. The van der Waals surface area contributed by atoms with Gasteiger partial charge < -0.3 is 4.90 Å². The van der Waals surface area contributed by atoms with Crippen molar-refractivity contribution in [2.75, 3.05) is 4.90 Å². The topological polar surface area (TPSA) is 3.24 Å². The number of hydrogen-bond acceptors (Lipinski definition) is 1. The summed E-state index contributed by atoms with van der Waals surface area (Å²) in [6, 6.07) is 67.2. The molecule has 2 aliphatic carbocycles. The fraction of sp³-hybridized carbons (Fsp3) is 0.111. The van der Waals surface area contributed by atoms with Gasteiger partial charge in [-0.3, -0.25) is 0 Å². The average molecular weight is 785 g/mol. The molecule has 0 N–H and O–H groups in total. The minimum absolute atomic E-state index is 0.0668. The van der Waals surface area contributed by atoms with E-state index in [0.717, 1.165) is 21.5 Å². The third-order valence-electron chi connectivity index (χ3n) is 12.4. The number of benzene rings is 8. The van der Waals surface area contributed by atoms with Gasteiger partial charge >= 0.3 is 0 Å². The van der Waals surface area contributed by atoms with Gasteiger partial charge in [0.1, 0.15) is 0 Å². The van der Waals surface area contributed by atoms with Gasteiger partial charge in [0, 0.05) is 32.4 Å². The molecule has 0 atom stereocenters. The van der Waals surface area contributed by atoms with Crippen LogP contribution in [0.25, 0.3) is 55.6 Å². The summed E-state index contributed by atoms with van der Waals surface area (Å²) in [7, 11) is 0. The molecule has 56 heavy (non-hydrogen) atoms. The Morgan fingerprint density at radius 3 is 1.12 bits per heavy atom. The van der Waals surface area contributed by atoms with E-state index in [1.54, 1.807) is 0 Å². The van der Waals surface area contributed by atoms with Crippen molar-refractivity contribution in [1.29, 1.82) is 0 Å². The molecule has 0 fully saturated rings. The predicted molar refractivity (Wildman–Crippen MR) is 240 cm³/mol. The van der Waals surface area contributed by atoms with E-state index in [1.807, 2.05) is 0 Å². The van der Waals surface area contributed by atoms with Crippen LogP contribution in [-0.2, 0) is 10.8 Å². The first-order chi connectivity index (χ1) is 27.2. The zero-order valence-electron chi connectivity index (χ0n) is 32.1. The summed E-state index contributed by atoms with van der Waals surface area (Å²) in [5.41, 5.74) is 21.4. The molecule has 1 nitrogen and oxygen atoms in total. The summed E-state index contributed by atoms with van der Waals surface area (Å²) in [5, 5.41) is 0. The monoisotopic (exact) mass is 783 g/mol. The van der Waals surface area contributed by atoms with Gasteiger partial charge in [-0.25, -0.2) is 0 Å². The van der Waals surface area contributed by atoms with Crippen LogP contribution < -0.4 is 4.90 Å². The highest BCUT2D eigenvalue weighted by molar-refractivity contribution is 9.10. The van der Waals surface area contributed by atoms with Crippen molar-refractivity contribution in [2.24, 2.45) is 0 Å². The third kappa shape index (κ3) is 5.58. The molecule has 0 bridgehead atoms. The molecule has 0 saturated carbocycles. The Labute approximate surface area is 339 Å². The van der Waals surface area contributed by atoms with Crippen LogP contribution in [0.1, 0.15) is 49.9 Å². The van der Waals surface area contributed by atoms with E-state index >= 15 is 0 Å². The van der Waals surface area contributed by atoms with Crippen LogP contribution in [0.2, 0.25) is 0 Å². The van der Waals surface area contributed by atoms with Crippen LogP contribution in [0.3, 0.4) is 0 Å². The molecule has 0 saturated heterocycles. The van der Waals surface area contributed by atoms with E-state index in [2.05, 4.69) is 231 Å². The zero-order valence-corrected chi connectivity index (χ0v) is 33.7. The highest BCUT2D eigenvalue weighted by atomic mass is 79.9. The van der Waals surface area contributed by atoms with Crippen molar-refractivity contribution in [1.82, 2.24) is 0 Å². The Bertz CT molecular complexity index is 2690. The summed E-state index contributed by atoms with van der Waals surface area (Å²) in [6.45, 7) is 9.48. The van der Waals surface area contributed by atoms with Crippen LogP contribution >= 0.6 is 15.9 Å². The molecule has 0 unspecified atom stereocenters. The molecule has 2 heteroatoms. The standard InChI is InChI=1S/C54H42BrN/c1-53(2)49-31-39(19-27-45(49)47-29-21-41(55)33-51(47)53)40-20-28-46-48-30-26-44(34-52(48)54(3,4)50(46)32-40)56(42-22-15-37(16-23-42)35-11-7-5-8-12-35)43-24-17-38(18-25-43)36-13-9-6-10-14-36/h5-34H,1-4H3. The van der Waals surface area contributed by atoms with Gasteiger partial charge in [0.2, 0.25) is 0 Å². The molecular formula is C54H42BrN. The lowest BCUT2D eigenvalue weighted by molar-refractivity contribution is 0.659. The molecule has 8 aromatic carbocycles. The first-order valence-corrected chi connectivity index (χ1v) is 20.3. The van der Waals surface area contributed by atoms with Crippen LogP contribution in [0.5, 0.6) is 0 Å². The predicted octanol–water partition coefficient (Wildman–Crippen LogP) is 15.5. The summed E-state index contributed by atoms with van der Waals surface area (Å²) in [6.07, 6.45) is 0. The molecule has 8 aromatic rings. The normalized spacial score (nSPS) is 14.1. The van der Waals surface area contributed by atoms with Crippen LogP contribution in [-0.4, -0.2) is 0 Å². The molecule has 0 aliphatic heterocycles. The highest BCUT2D eigenvalue weighted by Crippen LogP contribution is 2.53. The van der Waals surface area contributed by atoms with Gasteiger partial charge in [0.05, 0.1) is 0 Å². The molecule has 0 aromatic heterocycles. The molecule has 270 valence electrons. The second-order valence-electron chi connectivity index (χ2n) is 16.4. The second kappa shape index (κ2) is 13.1. The maximum Gasteiger partial charge on any atom is 0.0465 e. The summed E-state index contributed by atoms with van der Waals surface area (Å²) in [5.74, 6) is 0. The Balaban J connectivity index is 1.03. The van der Waals surface area contributed by atoms with Crippen molar-refractivity contribution >= 4 is 33.0 Å². The Morgan fingerprint density at radius 2 is 0.661 bits per heavy atom. The van der Waals surface area contributed by atoms with Gasteiger partial charge in [-0.05, 0) is 139 Å². The number of anilines is 3. The van der Waals surface area contributed by atoms with E-state index in [4.69, 9.17) is 0 Å². The SMILES string of the molecule is CC1(C)c2cc(Br)ccc2-c2ccc(-c3ccc4c(c3)C(C)(C)c3cc(N(c5ccc(-c6ccccc6)cc5)c5ccc(-c6ccccc6)cc5)ccc3-4)cc21. The summed E-state index contributed by atoms with van der Waals surface area (Å²) in [4.78, 5) is 2.40. The minimum Gasteiger partial charge on any atom is -0.310 e. The molecule has 2 aliphatic rings. The Kier molecular flexibility index (Phi) is 8.06. The van der Waals surface area contributed by atoms with E-state index in [9.17, 15) is 0 Å². The Morgan fingerprint density at radius 1 is 0.321 bits per heavy atom. The molecule has 0 amide bonds. The number of hydrogen-bond donors (Lipinski definition) is 0. The van der Waals surface area contributed by atoms with Crippen LogP contribution in [0.15, 0.2) is 186 Å².